The highest BCUT2D eigenvalue weighted by Gasteiger charge is 2.26. The van der Waals surface area contributed by atoms with Gasteiger partial charge in [0.15, 0.2) is 0 Å². The summed E-state index contributed by atoms with van der Waals surface area (Å²) in [5.41, 5.74) is 3.70. The Morgan fingerprint density at radius 3 is 2.55 bits per heavy atom. The monoisotopic (exact) mass is 407 g/mol. The first kappa shape index (κ1) is 18.9. The van der Waals surface area contributed by atoms with Gasteiger partial charge in [-0.1, -0.05) is 29.1 Å². The Morgan fingerprint density at radius 2 is 1.83 bits per heavy atom. The summed E-state index contributed by atoms with van der Waals surface area (Å²) < 4.78 is 5.65. The molecule has 0 fully saturated rings. The van der Waals surface area contributed by atoms with Crippen molar-refractivity contribution in [3.63, 3.8) is 0 Å². The SMILES string of the molecule is CN(C)c1ccc(C=C2C(=O)ON=C2CSc2nnc(-c3ccncc3)o2)cc1. The summed E-state index contributed by atoms with van der Waals surface area (Å²) in [7, 11) is 3.95. The van der Waals surface area contributed by atoms with E-state index in [4.69, 9.17) is 9.25 Å². The summed E-state index contributed by atoms with van der Waals surface area (Å²) in [6, 6.07) is 11.4. The van der Waals surface area contributed by atoms with Crippen molar-refractivity contribution in [3.05, 3.63) is 59.9 Å². The lowest BCUT2D eigenvalue weighted by atomic mass is 10.1. The van der Waals surface area contributed by atoms with Crippen LogP contribution in [-0.4, -0.2) is 46.7 Å². The topological polar surface area (TPSA) is 93.7 Å². The van der Waals surface area contributed by atoms with Crippen LogP contribution in [0.2, 0.25) is 0 Å². The van der Waals surface area contributed by atoms with Gasteiger partial charge in [-0.25, -0.2) is 4.79 Å². The number of thioether (sulfide) groups is 1. The van der Waals surface area contributed by atoms with Crippen LogP contribution >= 0.6 is 11.8 Å². The number of carbonyl (C=O) groups is 1. The Morgan fingerprint density at radius 1 is 1.07 bits per heavy atom. The van der Waals surface area contributed by atoms with E-state index in [2.05, 4.69) is 20.3 Å². The number of aromatic nitrogens is 3. The Bertz CT molecular complexity index is 1080. The summed E-state index contributed by atoms with van der Waals surface area (Å²) >= 11 is 1.29. The average Bonchev–Trinajstić information content (AvgIpc) is 3.35. The molecule has 0 saturated heterocycles. The van der Waals surface area contributed by atoms with Crippen molar-refractivity contribution >= 4 is 35.2 Å². The molecule has 0 atom stereocenters. The number of hydrogen-bond donors (Lipinski definition) is 0. The second-order valence-corrected chi connectivity index (χ2v) is 7.28. The first-order valence-corrected chi connectivity index (χ1v) is 9.73. The van der Waals surface area contributed by atoms with Crippen LogP contribution in [0.25, 0.3) is 17.5 Å². The van der Waals surface area contributed by atoms with Gasteiger partial charge >= 0.3 is 5.97 Å². The highest BCUT2D eigenvalue weighted by atomic mass is 32.2. The van der Waals surface area contributed by atoms with Crippen LogP contribution in [0.4, 0.5) is 5.69 Å². The van der Waals surface area contributed by atoms with E-state index >= 15 is 0 Å². The van der Waals surface area contributed by atoms with E-state index in [1.807, 2.05) is 43.3 Å². The highest BCUT2D eigenvalue weighted by molar-refractivity contribution is 7.99. The van der Waals surface area contributed by atoms with Crippen molar-refractivity contribution < 1.29 is 14.0 Å². The van der Waals surface area contributed by atoms with E-state index < -0.39 is 5.97 Å². The smallest absolute Gasteiger partial charge is 0.367 e. The largest absolute Gasteiger partial charge is 0.411 e. The van der Waals surface area contributed by atoms with Crippen LogP contribution in [0.3, 0.4) is 0 Å². The fraction of sp³-hybridized carbons (Fsp3) is 0.150. The molecule has 0 aliphatic carbocycles. The van der Waals surface area contributed by atoms with Crippen molar-refractivity contribution in [3.8, 4) is 11.5 Å². The van der Waals surface area contributed by atoms with Gasteiger partial charge in [-0.05, 0) is 35.9 Å². The van der Waals surface area contributed by atoms with Gasteiger partial charge in [0.25, 0.3) is 5.22 Å². The van der Waals surface area contributed by atoms with Crippen LogP contribution in [0.15, 0.2) is 69.2 Å². The third kappa shape index (κ3) is 4.35. The van der Waals surface area contributed by atoms with Crippen molar-refractivity contribution in [2.45, 2.75) is 5.22 Å². The summed E-state index contributed by atoms with van der Waals surface area (Å²) in [5.74, 6) is 0.304. The molecular weight excluding hydrogens is 390 g/mol. The molecular formula is C20H17N5O3S. The Balaban J connectivity index is 1.45. The lowest BCUT2D eigenvalue weighted by Gasteiger charge is -2.11. The number of carbonyl (C=O) groups excluding carboxylic acids is 1. The number of nitrogens with zero attached hydrogens (tertiary/aromatic N) is 5. The van der Waals surface area contributed by atoms with Crippen LogP contribution in [0, 0.1) is 0 Å². The van der Waals surface area contributed by atoms with Crippen LogP contribution in [-0.2, 0) is 9.63 Å². The van der Waals surface area contributed by atoms with Crippen LogP contribution in [0.5, 0.6) is 0 Å². The molecule has 3 aromatic rings. The van der Waals surface area contributed by atoms with E-state index in [1.165, 1.54) is 11.8 Å². The quantitative estimate of drug-likeness (QED) is 0.349. The predicted octanol–water partition coefficient (Wildman–Crippen LogP) is 3.29. The number of anilines is 1. The number of pyridine rings is 1. The van der Waals surface area contributed by atoms with Gasteiger partial charge in [0.05, 0.1) is 5.57 Å². The van der Waals surface area contributed by atoms with Crippen molar-refractivity contribution in [2.24, 2.45) is 5.16 Å². The standard InChI is InChI=1S/C20H17N5O3S/c1-25(2)15-5-3-13(4-6-15)11-16-17(24-28-19(16)26)12-29-20-23-22-18(27-20)14-7-9-21-10-8-14/h3-11H,12H2,1-2H3. The van der Waals surface area contributed by atoms with E-state index in [1.54, 1.807) is 30.6 Å². The molecule has 29 heavy (non-hydrogen) atoms. The molecule has 0 saturated carbocycles. The average molecular weight is 407 g/mol. The van der Waals surface area contributed by atoms with Crippen LogP contribution in [0.1, 0.15) is 5.56 Å². The fourth-order valence-electron chi connectivity index (χ4n) is 2.60. The third-order valence-corrected chi connectivity index (χ3v) is 4.99. The zero-order chi connectivity index (χ0) is 20.2. The first-order valence-electron chi connectivity index (χ1n) is 8.74. The Kier molecular flexibility index (Phi) is 5.39. The molecule has 3 heterocycles. The zero-order valence-electron chi connectivity index (χ0n) is 15.8. The van der Waals surface area contributed by atoms with Gasteiger partial charge in [-0.15, -0.1) is 10.2 Å². The summed E-state index contributed by atoms with van der Waals surface area (Å²) in [5, 5.41) is 12.3. The minimum Gasteiger partial charge on any atom is -0.411 e. The molecule has 0 radical (unpaired) electrons. The van der Waals surface area contributed by atoms with Gasteiger partial charge in [0.1, 0.15) is 5.71 Å². The predicted molar refractivity (Wildman–Crippen MR) is 111 cm³/mol. The molecule has 2 aromatic heterocycles. The minimum absolute atomic E-state index is 0.366. The maximum Gasteiger partial charge on any atom is 0.367 e. The second kappa shape index (κ2) is 8.27. The summed E-state index contributed by atoms with van der Waals surface area (Å²) in [4.78, 5) is 22.9. The molecule has 8 nitrogen and oxygen atoms in total. The first-order chi connectivity index (χ1) is 14.1. The number of benzene rings is 1. The van der Waals surface area contributed by atoms with E-state index in [-0.39, 0.29) is 0 Å². The molecule has 0 bridgehead atoms. The van der Waals surface area contributed by atoms with Crippen molar-refractivity contribution in [2.75, 3.05) is 24.7 Å². The number of rotatable bonds is 6. The molecule has 1 aromatic carbocycles. The Labute approximate surface area is 171 Å². The van der Waals surface area contributed by atoms with E-state index in [9.17, 15) is 4.79 Å². The van der Waals surface area contributed by atoms with Crippen molar-refractivity contribution in [1.82, 2.24) is 15.2 Å². The maximum absolute atomic E-state index is 12.1. The molecule has 0 amide bonds. The molecule has 0 unspecified atom stereocenters. The maximum atomic E-state index is 12.1. The minimum atomic E-state index is -0.472. The van der Waals surface area contributed by atoms with Gasteiger partial charge < -0.3 is 14.2 Å². The highest BCUT2D eigenvalue weighted by Crippen LogP contribution is 2.26. The molecule has 0 spiro atoms. The fourth-order valence-corrected chi connectivity index (χ4v) is 3.31. The third-order valence-electron chi connectivity index (χ3n) is 4.16. The lowest BCUT2D eigenvalue weighted by Crippen LogP contribution is -2.09. The normalized spacial score (nSPS) is 14.8. The van der Waals surface area contributed by atoms with Gasteiger partial charge in [0.2, 0.25) is 5.89 Å². The molecule has 1 aliphatic heterocycles. The second-order valence-electron chi connectivity index (χ2n) is 6.36. The van der Waals surface area contributed by atoms with Crippen LogP contribution < -0.4 is 4.90 Å². The number of oxime groups is 1. The van der Waals surface area contributed by atoms with Gasteiger partial charge in [-0.3, -0.25) is 4.98 Å². The summed E-state index contributed by atoms with van der Waals surface area (Å²) in [6.07, 6.45) is 5.08. The van der Waals surface area contributed by atoms with Crippen molar-refractivity contribution in [1.29, 1.82) is 0 Å². The lowest BCUT2D eigenvalue weighted by molar-refractivity contribution is -0.136. The van der Waals surface area contributed by atoms with E-state index in [0.717, 1.165) is 16.8 Å². The summed E-state index contributed by atoms with van der Waals surface area (Å²) in [6.45, 7) is 0. The van der Waals surface area contributed by atoms with Gasteiger partial charge in [-0.2, -0.15) is 0 Å². The molecule has 1 aliphatic rings. The zero-order valence-corrected chi connectivity index (χ0v) is 16.6. The molecule has 146 valence electrons. The van der Waals surface area contributed by atoms with Gasteiger partial charge in [0, 0.05) is 43.5 Å². The molecule has 4 rings (SSSR count). The molecule has 9 heteroatoms. The van der Waals surface area contributed by atoms with E-state index in [0.29, 0.717) is 28.2 Å². The number of hydrogen-bond acceptors (Lipinski definition) is 9. The Hall–Kier alpha value is -3.46. The molecule has 0 N–H and O–H groups in total.